The summed E-state index contributed by atoms with van der Waals surface area (Å²) in [5.41, 5.74) is 1.35. The molecule has 1 N–H and O–H groups in total. The molecule has 0 amide bonds. The van der Waals surface area contributed by atoms with E-state index in [1.165, 1.54) is 6.07 Å². The molecule has 0 radical (unpaired) electrons. The molecule has 0 fully saturated rings. The van der Waals surface area contributed by atoms with Crippen LogP contribution in [-0.2, 0) is 6.42 Å². The minimum atomic E-state index is -0.179. The molecule has 0 aliphatic heterocycles. The third-order valence-electron chi connectivity index (χ3n) is 3.14. The summed E-state index contributed by atoms with van der Waals surface area (Å²) in [6.45, 7) is 6.11. The smallest absolute Gasteiger partial charge is 0.126 e. The number of hydrogen-bond acceptors (Lipinski definition) is 1. The largest absolute Gasteiger partial charge is 0.508 e. The molecule has 0 heterocycles. The van der Waals surface area contributed by atoms with Gasteiger partial charge in [-0.3, -0.25) is 0 Å². The van der Waals surface area contributed by atoms with Gasteiger partial charge in [-0.15, -0.1) is 0 Å². The lowest BCUT2D eigenvalue weighted by molar-refractivity contribution is 0.456. The van der Waals surface area contributed by atoms with Crippen molar-refractivity contribution >= 4 is 0 Å². The molecule has 90 valence electrons. The molecular weight excluding hydrogens is 203 g/mol. The number of aromatic hydroxyl groups is 1. The maximum Gasteiger partial charge on any atom is 0.126 e. The van der Waals surface area contributed by atoms with Crippen molar-refractivity contribution in [2.24, 2.45) is 0 Å². The molecular formula is C14H21FO. The number of halogens is 1. The van der Waals surface area contributed by atoms with Crippen LogP contribution in [0.5, 0.6) is 5.75 Å². The molecule has 0 saturated carbocycles. The summed E-state index contributed by atoms with van der Waals surface area (Å²) >= 11 is 0. The third-order valence-corrected chi connectivity index (χ3v) is 3.14. The first kappa shape index (κ1) is 13.0. The van der Waals surface area contributed by atoms with Gasteiger partial charge in [0.05, 0.1) is 0 Å². The van der Waals surface area contributed by atoms with Crippen LogP contribution in [0, 0.1) is 5.82 Å². The summed E-state index contributed by atoms with van der Waals surface area (Å²) in [5, 5.41) is 9.85. The Morgan fingerprint density at radius 1 is 1.31 bits per heavy atom. The van der Waals surface area contributed by atoms with E-state index in [2.05, 4.69) is 6.92 Å². The zero-order valence-corrected chi connectivity index (χ0v) is 10.4. The maximum atomic E-state index is 13.7. The van der Waals surface area contributed by atoms with Crippen molar-refractivity contribution in [1.29, 1.82) is 0 Å². The Labute approximate surface area is 97.3 Å². The Kier molecular flexibility index (Phi) is 4.78. The quantitative estimate of drug-likeness (QED) is 0.786. The van der Waals surface area contributed by atoms with E-state index in [1.807, 2.05) is 13.8 Å². The highest BCUT2D eigenvalue weighted by atomic mass is 19.1. The van der Waals surface area contributed by atoms with Gasteiger partial charge in [0, 0.05) is 0 Å². The average molecular weight is 224 g/mol. The van der Waals surface area contributed by atoms with Gasteiger partial charge < -0.3 is 5.11 Å². The molecule has 0 bridgehead atoms. The van der Waals surface area contributed by atoms with E-state index in [0.29, 0.717) is 12.0 Å². The number of phenolic OH excluding ortho intramolecular Hbond substituents is 1. The Balaban J connectivity index is 2.97. The molecule has 1 unspecified atom stereocenters. The lowest BCUT2D eigenvalue weighted by Crippen LogP contribution is -1.97. The van der Waals surface area contributed by atoms with Crippen LogP contribution in [0.3, 0.4) is 0 Å². The van der Waals surface area contributed by atoms with Crippen LogP contribution in [-0.4, -0.2) is 5.11 Å². The van der Waals surface area contributed by atoms with Crippen molar-refractivity contribution in [3.05, 3.63) is 29.1 Å². The summed E-state index contributed by atoms with van der Waals surface area (Å²) in [7, 11) is 0. The van der Waals surface area contributed by atoms with E-state index in [-0.39, 0.29) is 17.5 Å². The highest BCUT2D eigenvalue weighted by Gasteiger charge is 2.13. The number of unbranched alkanes of at least 4 members (excludes halogenated alkanes) is 1. The number of phenols is 1. The van der Waals surface area contributed by atoms with Crippen LogP contribution in [0.1, 0.15) is 57.1 Å². The van der Waals surface area contributed by atoms with Crippen LogP contribution < -0.4 is 0 Å². The van der Waals surface area contributed by atoms with Gasteiger partial charge in [0.1, 0.15) is 11.6 Å². The van der Waals surface area contributed by atoms with E-state index >= 15 is 0 Å². The first-order chi connectivity index (χ1) is 7.60. The van der Waals surface area contributed by atoms with Crippen molar-refractivity contribution in [3.8, 4) is 5.75 Å². The maximum absolute atomic E-state index is 13.7. The SMILES string of the molecule is CCCCc1cc(O)c(C(C)CC)cc1F. The molecule has 1 aromatic rings. The van der Waals surface area contributed by atoms with Gasteiger partial charge in [0.15, 0.2) is 0 Å². The standard InChI is InChI=1S/C14H21FO/c1-4-6-7-11-8-14(16)12(9-13(11)15)10(3)5-2/h8-10,16H,4-7H2,1-3H3. The number of hydrogen-bond donors (Lipinski definition) is 1. The third kappa shape index (κ3) is 2.97. The summed E-state index contributed by atoms with van der Waals surface area (Å²) in [6.07, 6.45) is 3.60. The molecule has 1 atom stereocenters. The Morgan fingerprint density at radius 2 is 2.00 bits per heavy atom. The second-order valence-electron chi connectivity index (χ2n) is 4.42. The van der Waals surface area contributed by atoms with Gasteiger partial charge >= 0.3 is 0 Å². The Bertz CT molecular complexity index is 347. The Morgan fingerprint density at radius 3 is 2.56 bits per heavy atom. The fraction of sp³-hybridized carbons (Fsp3) is 0.571. The molecule has 1 nitrogen and oxygen atoms in total. The first-order valence-corrected chi connectivity index (χ1v) is 6.11. The molecule has 1 aromatic carbocycles. The van der Waals surface area contributed by atoms with E-state index in [4.69, 9.17) is 0 Å². The molecule has 16 heavy (non-hydrogen) atoms. The zero-order chi connectivity index (χ0) is 12.1. The lowest BCUT2D eigenvalue weighted by atomic mass is 9.95. The van der Waals surface area contributed by atoms with Crippen LogP contribution in [0.2, 0.25) is 0 Å². The van der Waals surface area contributed by atoms with Crippen molar-refractivity contribution < 1.29 is 9.50 Å². The minimum absolute atomic E-state index is 0.179. The van der Waals surface area contributed by atoms with Crippen molar-refractivity contribution in [1.82, 2.24) is 0 Å². The minimum Gasteiger partial charge on any atom is -0.508 e. The van der Waals surface area contributed by atoms with E-state index in [0.717, 1.165) is 24.8 Å². The lowest BCUT2D eigenvalue weighted by Gasteiger charge is -2.13. The van der Waals surface area contributed by atoms with Gasteiger partial charge in [0.25, 0.3) is 0 Å². The fourth-order valence-electron chi connectivity index (χ4n) is 1.79. The molecule has 0 aliphatic carbocycles. The van der Waals surface area contributed by atoms with E-state index in [1.54, 1.807) is 6.07 Å². The highest BCUT2D eigenvalue weighted by Crippen LogP contribution is 2.30. The van der Waals surface area contributed by atoms with Crippen molar-refractivity contribution in [2.45, 2.75) is 52.4 Å². The van der Waals surface area contributed by atoms with Gasteiger partial charge in [-0.1, -0.05) is 27.2 Å². The average Bonchev–Trinajstić information content (AvgIpc) is 2.28. The molecule has 0 spiro atoms. The number of aryl methyl sites for hydroxylation is 1. The molecule has 0 aliphatic rings. The van der Waals surface area contributed by atoms with E-state index in [9.17, 15) is 9.50 Å². The van der Waals surface area contributed by atoms with E-state index < -0.39 is 0 Å². The van der Waals surface area contributed by atoms with Crippen molar-refractivity contribution in [2.75, 3.05) is 0 Å². The molecule has 1 rings (SSSR count). The summed E-state index contributed by atoms with van der Waals surface area (Å²) < 4.78 is 13.7. The number of rotatable bonds is 5. The van der Waals surface area contributed by atoms with Gasteiger partial charge in [-0.2, -0.15) is 0 Å². The second-order valence-corrected chi connectivity index (χ2v) is 4.42. The van der Waals surface area contributed by atoms with Crippen LogP contribution >= 0.6 is 0 Å². The normalized spacial score (nSPS) is 12.8. The van der Waals surface area contributed by atoms with Gasteiger partial charge in [0.2, 0.25) is 0 Å². The van der Waals surface area contributed by atoms with Crippen LogP contribution in [0.15, 0.2) is 12.1 Å². The van der Waals surface area contributed by atoms with Crippen LogP contribution in [0.25, 0.3) is 0 Å². The zero-order valence-electron chi connectivity index (χ0n) is 10.4. The second kappa shape index (κ2) is 5.88. The summed E-state index contributed by atoms with van der Waals surface area (Å²) in [4.78, 5) is 0. The topological polar surface area (TPSA) is 20.2 Å². The first-order valence-electron chi connectivity index (χ1n) is 6.11. The fourth-order valence-corrected chi connectivity index (χ4v) is 1.79. The number of benzene rings is 1. The predicted molar refractivity (Wildman–Crippen MR) is 65.4 cm³/mol. The monoisotopic (exact) mass is 224 g/mol. The van der Waals surface area contributed by atoms with Crippen LogP contribution in [0.4, 0.5) is 4.39 Å². The summed E-state index contributed by atoms with van der Waals surface area (Å²) in [6, 6.07) is 3.08. The summed E-state index contributed by atoms with van der Waals surface area (Å²) in [5.74, 6) is 0.262. The Hall–Kier alpha value is -1.05. The molecule has 2 heteroatoms. The van der Waals surface area contributed by atoms with Gasteiger partial charge in [-0.25, -0.2) is 4.39 Å². The van der Waals surface area contributed by atoms with Gasteiger partial charge in [-0.05, 0) is 48.4 Å². The van der Waals surface area contributed by atoms with Crippen molar-refractivity contribution in [3.63, 3.8) is 0 Å². The predicted octanol–water partition coefficient (Wildman–Crippen LogP) is 4.39. The molecule has 0 aromatic heterocycles. The highest BCUT2D eigenvalue weighted by molar-refractivity contribution is 5.39. The molecule has 0 saturated heterocycles.